The normalized spacial score (nSPS) is 42.5. The fraction of sp³-hybridized carbons (Fsp3) is 0.567. The molecule has 1 aromatic carbocycles. The van der Waals surface area contributed by atoms with Gasteiger partial charge in [0, 0.05) is 22.3 Å². The highest BCUT2D eigenvalue weighted by Crippen LogP contribution is 2.70. The van der Waals surface area contributed by atoms with Gasteiger partial charge < -0.3 is 14.9 Å². The number of hydrogen-bond donors (Lipinski definition) is 2. The predicted molar refractivity (Wildman–Crippen MR) is 140 cm³/mol. The van der Waals surface area contributed by atoms with E-state index in [1.54, 1.807) is 57.2 Å². The van der Waals surface area contributed by atoms with E-state index >= 15 is 4.39 Å². The van der Waals surface area contributed by atoms with Gasteiger partial charge in [-0.05, 0) is 57.6 Å². The second kappa shape index (κ2) is 9.19. The number of ether oxygens (including phenoxy) is 1. The van der Waals surface area contributed by atoms with Crippen molar-refractivity contribution in [2.24, 2.45) is 22.7 Å². The standard InChI is InChI=1S/C30H34ClFO6/c1-17(26(36)18-7-5-4-6-8-18)38-25-14-22-21-10-9-19-13-20(33)11-12-27(19,2)29(21,32)23(34)15-28(22,3)30(25,37)24(35)16-31/h4-8,11-13,17,21-23,25,34,37H,9-10,14-16H2,1-3H3/t17?,21-,22-,23-,25+,27-,28-,29-,30+/m0/s1. The lowest BCUT2D eigenvalue weighted by Gasteiger charge is -2.62. The molecule has 1 unspecified atom stereocenters. The van der Waals surface area contributed by atoms with Crippen molar-refractivity contribution in [1.82, 2.24) is 0 Å². The maximum Gasteiger partial charge on any atom is 0.191 e. The summed E-state index contributed by atoms with van der Waals surface area (Å²) < 4.78 is 23.6. The van der Waals surface area contributed by atoms with Crippen molar-refractivity contribution in [3.05, 3.63) is 59.7 Å². The Morgan fingerprint density at radius 3 is 2.55 bits per heavy atom. The van der Waals surface area contributed by atoms with E-state index in [2.05, 4.69) is 0 Å². The molecule has 0 aromatic heterocycles. The van der Waals surface area contributed by atoms with Crippen LogP contribution in [-0.2, 0) is 14.3 Å². The van der Waals surface area contributed by atoms with E-state index in [1.807, 2.05) is 0 Å². The molecule has 5 rings (SSSR count). The van der Waals surface area contributed by atoms with Gasteiger partial charge in [0.1, 0.15) is 6.10 Å². The van der Waals surface area contributed by atoms with Crippen LogP contribution < -0.4 is 0 Å². The SMILES string of the molecule is CC(O[C@@H]1C[C@H]2[C@@H]3CCC4=CC(=O)C=C[C@]4(C)[C@@]3(F)[C@@H](O)C[C@]2(C)[C@@]1(O)C(=O)CCl)C(=O)c1ccccc1. The van der Waals surface area contributed by atoms with E-state index in [4.69, 9.17) is 16.3 Å². The summed E-state index contributed by atoms with van der Waals surface area (Å²) in [5.74, 6) is -2.93. The van der Waals surface area contributed by atoms with Crippen molar-refractivity contribution in [3.63, 3.8) is 0 Å². The van der Waals surface area contributed by atoms with Gasteiger partial charge in [0.2, 0.25) is 0 Å². The number of Topliss-reactive ketones (excluding diaryl/α,β-unsaturated/α-hetero) is 2. The summed E-state index contributed by atoms with van der Waals surface area (Å²) in [7, 11) is 0. The Morgan fingerprint density at radius 1 is 1.21 bits per heavy atom. The largest absolute Gasteiger partial charge is 0.390 e. The number of alkyl halides is 2. The van der Waals surface area contributed by atoms with Gasteiger partial charge in [-0.15, -0.1) is 11.6 Å². The Hall–Kier alpha value is -2.19. The predicted octanol–water partition coefficient (Wildman–Crippen LogP) is 4.16. The third-order valence-electron chi connectivity index (χ3n) is 10.2. The summed E-state index contributed by atoms with van der Waals surface area (Å²) in [4.78, 5) is 38.5. The molecule has 3 saturated carbocycles. The van der Waals surface area contributed by atoms with Gasteiger partial charge in [0.05, 0.1) is 18.1 Å². The molecule has 0 saturated heterocycles. The second-order valence-electron chi connectivity index (χ2n) is 11.8. The summed E-state index contributed by atoms with van der Waals surface area (Å²) in [6.07, 6.45) is 1.48. The number of halogens is 2. The lowest BCUT2D eigenvalue weighted by molar-refractivity contribution is -0.223. The van der Waals surface area contributed by atoms with Crippen molar-refractivity contribution in [3.8, 4) is 0 Å². The van der Waals surface area contributed by atoms with Crippen LogP contribution in [0, 0.1) is 22.7 Å². The van der Waals surface area contributed by atoms with E-state index in [0.717, 1.165) is 0 Å². The summed E-state index contributed by atoms with van der Waals surface area (Å²) in [6.45, 7) is 4.98. The third-order valence-corrected chi connectivity index (χ3v) is 10.4. The number of fused-ring (bicyclic) bond motifs is 5. The van der Waals surface area contributed by atoms with Gasteiger partial charge in [-0.3, -0.25) is 14.4 Å². The molecule has 38 heavy (non-hydrogen) atoms. The number of allylic oxidation sites excluding steroid dienone is 4. The van der Waals surface area contributed by atoms with Crippen LogP contribution in [0.5, 0.6) is 0 Å². The quantitative estimate of drug-likeness (QED) is 0.412. The number of carbonyl (C=O) groups excluding carboxylic acids is 3. The molecule has 0 heterocycles. The zero-order chi connectivity index (χ0) is 27.7. The zero-order valence-corrected chi connectivity index (χ0v) is 22.6. The fourth-order valence-electron chi connectivity index (χ4n) is 8.10. The number of hydrogen-bond acceptors (Lipinski definition) is 6. The van der Waals surface area contributed by atoms with E-state index < -0.39 is 63.9 Å². The van der Waals surface area contributed by atoms with Crippen LogP contribution in [-0.4, -0.2) is 63.0 Å². The number of carbonyl (C=O) groups is 3. The molecule has 3 fully saturated rings. The van der Waals surface area contributed by atoms with Crippen LogP contribution in [0.25, 0.3) is 0 Å². The lowest BCUT2D eigenvalue weighted by Crippen LogP contribution is -2.69. The second-order valence-corrected chi connectivity index (χ2v) is 12.1. The number of ketones is 3. The highest BCUT2D eigenvalue weighted by Gasteiger charge is 2.76. The molecule has 6 nitrogen and oxygen atoms in total. The number of rotatable bonds is 6. The summed E-state index contributed by atoms with van der Waals surface area (Å²) in [5.41, 5.74) is -5.61. The van der Waals surface area contributed by atoms with Crippen LogP contribution in [0.2, 0.25) is 0 Å². The molecule has 4 aliphatic carbocycles. The van der Waals surface area contributed by atoms with Gasteiger partial charge in [-0.1, -0.05) is 48.9 Å². The van der Waals surface area contributed by atoms with Crippen molar-refractivity contribution >= 4 is 29.0 Å². The topological polar surface area (TPSA) is 101 Å². The zero-order valence-electron chi connectivity index (χ0n) is 21.8. The average molecular weight is 545 g/mol. The van der Waals surface area contributed by atoms with Gasteiger partial charge in [0.25, 0.3) is 0 Å². The van der Waals surface area contributed by atoms with Crippen molar-refractivity contribution in [1.29, 1.82) is 0 Å². The summed E-state index contributed by atoms with van der Waals surface area (Å²) in [5, 5.41) is 23.6. The van der Waals surface area contributed by atoms with Crippen LogP contribution in [0.3, 0.4) is 0 Å². The summed E-state index contributed by atoms with van der Waals surface area (Å²) >= 11 is 5.99. The molecule has 0 radical (unpaired) electrons. The van der Waals surface area contributed by atoms with Crippen LogP contribution in [0.15, 0.2) is 54.1 Å². The maximum absolute atomic E-state index is 17.4. The smallest absolute Gasteiger partial charge is 0.191 e. The Morgan fingerprint density at radius 2 is 1.89 bits per heavy atom. The van der Waals surface area contributed by atoms with Gasteiger partial charge in [0.15, 0.2) is 28.6 Å². The fourth-order valence-corrected chi connectivity index (χ4v) is 8.30. The molecular formula is C30H34ClFO6. The first-order valence-electron chi connectivity index (χ1n) is 13.2. The molecule has 9 atom stereocenters. The van der Waals surface area contributed by atoms with Crippen LogP contribution in [0.4, 0.5) is 4.39 Å². The molecule has 8 heteroatoms. The molecule has 204 valence electrons. The Bertz CT molecular complexity index is 1230. The van der Waals surface area contributed by atoms with E-state index in [-0.39, 0.29) is 24.4 Å². The van der Waals surface area contributed by atoms with E-state index in [0.29, 0.717) is 24.0 Å². The van der Waals surface area contributed by atoms with Crippen LogP contribution >= 0.6 is 11.6 Å². The molecule has 0 amide bonds. The molecule has 0 spiro atoms. The van der Waals surface area contributed by atoms with Gasteiger partial charge in [-0.2, -0.15) is 0 Å². The lowest BCUT2D eigenvalue weighted by atomic mass is 9.44. The minimum absolute atomic E-state index is 0.128. The van der Waals surface area contributed by atoms with Crippen LogP contribution in [0.1, 0.15) is 56.8 Å². The molecule has 2 N–H and O–H groups in total. The number of aliphatic hydroxyl groups excluding tert-OH is 1. The van der Waals surface area contributed by atoms with Crippen molar-refractivity contribution < 1.29 is 33.7 Å². The van der Waals surface area contributed by atoms with Crippen molar-refractivity contribution in [2.45, 2.75) is 76.0 Å². The molecular weight excluding hydrogens is 511 g/mol. The Kier molecular flexibility index (Phi) is 6.62. The highest BCUT2D eigenvalue weighted by atomic mass is 35.5. The first-order chi connectivity index (χ1) is 17.8. The third kappa shape index (κ3) is 3.51. The molecule has 1 aromatic rings. The van der Waals surface area contributed by atoms with Gasteiger partial charge in [-0.25, -0.2) is 4.39 Å². The average Bonchev–Trinajstić information content (AvgIpc) is 3.11. The first-order valence-corrected chi connectivity index (χ1v) is 13.8. The minimum Gasteiger partial charge on any atom is -0.390 e. The summed E-state index contributed by atoms with van der Waals surface area (Å²) in [6, 6.07) is 8.59. The molecule has 0 aliphatic heterocycles. The Labute approximate surface area is 226 Å². The monoisotopic (exact) mass is 544 g/mol. The van der Waals surface area contributed by atoms with Crippen molar-refractivity contribution in [2.75, 3.05) is 5.88 Å². The highest BCUT2D eigenvalue weighted by molar-refractivity contribution is 6.29. The van der Waals surface area contributed by atoms with Gasteiger partial charge >= 0.3 is 0 Å². The number of benzene rings is 1. The maximum atomic E-state index is 17.4. The first kappa shape index (κ1) is 27.4. The molecule has 4 aliphatic rings. The molecule has 0 bridgehead atoms. The number of aliphatic hydroxyl groups is 2. The van der Waals surface area contributed by atoms with E-state index in [1.165, 1.54) is 12.2 Å². The Balaban J connectivity index is 1.54. The minimum atomic E-state index is -2.12. The van der Waals surface area contributed by atoms with E-state index in [9.17, 15) is 24.6 Å².